The van der Waals surface area contributed by atoms with E-state index in [2.05, 4.69) is 11.9 Å². The highest BCUT2D eigenvalue weighted by Crippen LogP contribution is 2.11. The Morgan fingerprint density at radius 3 is 2.14 bits per heavy atom. The molecule has 1 heterocycles. The van der Waals surface area contributed by atoms with Gasteiger partial charge in [0, 0.05) is 12.7 Å². The maximum Gasteiger partial charge on any atom is 0.139 e. The zero-order valence-corrected chi connectivity index (χ0v) is 12.8. The second-order valence-corrected chi connectivity index (χ2v) is 4.49. The average Bonchev–Trinajstić information content (AvgIpc) is 2.48. The van der Waals surface area contributed by atoms with Crippen molar-refractivity contribution in [3.8, 4) is 5.75 Å². The standard InChI is InChI=1S/C15H26N2O4/c1-2-3-4-18-5-6-19-7-8-20-9-10-21-15-11-14(16)12-17-13-15/h11-13H,2-10,16H2,1H3. The van der Waals surface area contributed by atoms with Crippen LogP contribution >= 0.6 is 0 Å². The van der Waals surface area contributed by atoms with Crippen LogP contribution < -0.4 is 10.5 Å². The summed E-state index contributed by atoms with van der Waals surface area (Å²) in [7, 11) is 0. The molecule has 0 atom stereocenters. The fraction of sp³-hybridized carbons (Fsp3) is 0.667. The molecule has 1 aromatic rings. The van der Waals surface area contributed by atoms with Gasteiger partial charge in [0.1, 0.15) is 12.4 Å². The molecule has 120 valence electrons. The molecule has 0 aliphatic heterocycles. The van der Waals surface area contributed by atoms with E-state index in [4.69, 9.17) is 24.7 Å². The van der Waals surface area contributed by atoms with Crippen molar-refractivity contribution in [1.82, 2.24) is 4.98 Å². The van der Waals surface area contributed by atoms with Crippen LogP contribution in [0.15, 0.2) is 18.5 Å². The van der Waals surface area contributed by atoms with Gasteiger partial charge >= 0.3 is 0 Å². The highest BCUT2D eigenvalue weighted by atomic mass is 16.6. The van der Waals surface area contributed by atoms with Gasteiger partial charge in [0.25, 0.3) is 0 Å². The van der Waals surface area contributed by atoms with Crippen molar-refractivity contribution in [2.45, 2.75) is 19.8 Å². The topological polar surface area (TPSA) is 75.8 Å². The fourth-order valence-electron chi connectivity index (χ4n) is 1.52. The lowest BCUT2D eigenvalue weighted by molar-refractivity contribution is 0.00894. The Bertz CT molecular complexity index is 363. The van der Waals surface area contributed by atoms with Gasteiger partial charge in [-0.05, 0) is 6.42 Å². The van der Waals surface area contributed by atoms with Crippen LogP contribution in [0.1, 0.15) is 19.8 Å². The van der Waals surface area contributed by atoms with Crippen LogP contribution in [0.2, 0.25) is 0 Å². The number of rotatable bonds is 13. The molecule has 0 aromatic carbocycles. The monoisotopic (exact) mass is 298 g/mol. The molecule has 2 N–H and O–H groups in total. The summed E-state index contributed by atoms with van der Waals surface area (Å²) in [5.41, 5.74) is 6.18. The number of unbranched alkanes of at least 4 members (excludes halogenated alkanes) is 1. The molecule has 21 heavy (non-hydrogen) atoms. The van der Waals surface area contributed by atoms with Crippen molar-refractivity contribution >= 4 is 5.69 Å². The van der Waals surface area contributed by atoms with Gasteiger partial charge < -0.3 is 24.7 Å². The molecule has 0 fully saturated rings. The van der Waals surface area contributed by atoms with E-state index in [1.54, 1.807) is 18.5 Å². The summed E-state index contributed by atoms with van der Waals surface area (Å²) >= 11 is 0. The van der Waals surface area contributed by atoms with Crippen LogP contribution in [0.4, 0.5) is 5.69 Å². The van der Waals surface area contributed by atoms with Gasteiger partial charge in [0.05, 0.1) is 51.1 Å². The Balaban J connectivity index is 1.82. The van der Waals surface area contributed by atoms with Crippen molar-refractivity contribution in [3.63, 3.8) is 0 Å². The Morgan fingerprint density at radius 2 is 1.52 bits per heavy atom. The van der Waals surface area contributed by atoms with Gasteiger partial charge in [-0.1, -0.05) is 13.3 Å². The van der Waals surface area contributed by atoms with E-state index in [1.807, 2.05) is 0 Å². The van der Waals surface area contributed by atoms with E-state index >= 15 is 0 Å². The van der Waals surface area contributed by atoms with Gasteiger partial charge in [-0.15, -0.1) is 0 Å². The van der Waals surface area contributed by atoms with Crippen LogP contribution in [-0.4, -0.2) is 51.2 Å². The first-order valence-corrected chi connectivity index (χ1v) is 7.39. The summed E-state index contributed by atoms with van der Waals surface area (Å²) in [4.78, 5) is 3.94. The number of ether oxygens (including phenoxy) is 4. The number of anilines is 1. The highest BCUT2D eigenvalue weighted by Gasteiger charge is 1.96. The van der Waals surface area contributed by atoms with Crippen LogP contribution in [0.3, 0.4) is 0 Å². The molecular formula is C15H26N2O4. The number of nitrogens with zero attached hydrogens (tertiary/aromatic N) is 1. The SMILES string of the molecule is CCCCOCCOCCOCCOc1cncc(N)c1. The van der Waals surface area contributed by atoms with Crippen molar-refractivity contribution in [3.05, 3.63) is 18.5 Å². The van der Waals surface area contributed by atoms with Crippen LogP contribution in [0, 0.1) is 0 Å². The first-order chi connectivity index (χ1) is 10.3. The summed E-state index contributed by atoms with van der Waals surface area (Å²) < 4.78 is 21.6. The van der Waals surface area contributed by atoms with Gasteiger partial charge in [-0.2, -0.15) is 0 Å². The lowest BCUT2D eigenvalue weighted by atomic mass is 10.4. The number of nitrogen functional groups attached to an aromatic ring is 1. The minimum absolute atomic E-state index is 0.464. The van der Waals surface area contributed by atoms with Gasteiger partial charge in [0.15, 0.2) is 0 Å². The minimum atomic E-state index is 0.464. The van der Waals surface area contributed by atoms with E-state index in [-0.39, 0.29) is 0 Å². The van der Waals surface area contributed by atoms with E-state index in [0.29, 0.717) is 51.1 Å². The molecular weight excluding hydrogens is 272 g/mol. The van der Waals surface area contributed by atoms with Gasteiger partial charge in [-0.25, -0.2) is 0 Å². The first kappa shape index (κ1) is 17.7. The number of aromatic nitrogens is 1. The molecule has 0 unspecified atom stereocenters. The van der Waals surface area contributed by atoms with Crippen molar-refractivity contribution in [2.75, 3.05) is 52.0 Å². The second-order valence-electron chi connectivity index (χ2n) is 4.49. The summed E-state index contributed by atoms with van der Waals surface area (Å²) in [6, 6.07) is 1.73. The smallest absolute Gasteiger partial charge is 0.139 e. The van der Waals surface area contributed by atoms with Crippen LogP contribution in [0.5, 0.6) is 5.75 Å². The Morgan fingerprint density at radius 1 is 0.905 bits per heavy atom. The molecule has 0 spiro atoms. The zero-order valence-electron chi connectivity index (χ0n) is 12.8. The normalized spacial score (nSPS) is 10.7. The van der Waals surface area contributed by atoms with Crippen LogP contribution in [0.25, 0.3) is 0 Å². The van der Waals surface area contributed by atoms with E-state index < -0.39 is 0 Å². The van der Waals surface area contributed by atoms with E-state index in [9.17, 15) is 0 Å². The molecule has 0 aliphatic carbocycles. The maximum atomic E-state index is 5.59. The maximum absolute atomic E-state index is 5.59. The Kier molecular flexibility index (Phi) is 10.4. The predicted molar refractivity (Wildman–Crippen MR) is 81.5 cm³/mol. The largest absolute Gasteiger partial charge is 0.489 e. The number of hydrogen-bond donors (Lipinski definition) is 1. The molecule has 0 aliphatic rings. The van der Waals surface area contributed by atoms with Crippen LogP contribution in [-0.2, 0) is 14.2 Å². The molecule has 1 aromatic heterocycles. The van der Waals surface area contributed by atoms with Crippen molar-refractivity contribution in [2.24, 2.45) is 0 Å². The molecule has 6 heteroatoms. The molecule has 6 nitrogen and oxygen atoms in total. The summed E-state index contributed by atoms with van der Waals surface area (Å²) in [5, 5.41) is 0. The van der Waals surface area contributed by atoms with E-state index in [1.165, 1.54) is 0 Å². The summed E-state index contributed by atoms with van der Waals surface area (Å²) in [6.07, 6.45) is 5.46. The molecule has 0 amide bonds. The number of hydrogen-bond acceptors (Lipinski definition) is 6. The minimum Gasteiger partial charge on any atom is -0.489 e. The molecule has 0 bridgehead atoms. The van der Waals surface area contributed by atoms with E-state index in [0.717, 1.165) is 19.4 Å². The third-order valence-corrected chi connectivity index (χ3v) is 2.62. The molecule has 0 radical (unpaired) electrons. The molecule has 0 saturated carbocycles. The Hall–Kier alpha value is -1.37. The average molecular weight is 298 g/mol. The summed E-state index contributed by atoms with van der Waals surface area (Å²) in [5.74, 6) is 0.652. The molecule has 1 rings (SSSR count). The third-order valence-electron chi connectivity index (χ3n) is 2.62. The zero-order chi connectivity index (χ0) is 15.2. The predicted octanol–water partition coefficient (Wildman–Crippen LogP) is 1.89. The first-order valence-electron chi connectivity index (χ1n) is 7.39. The number of pyridine rings is 1. The Labute approximate surface area is 126 Å². The highest BCUT2D eigenvalue weighted by molar-refractivity contribution is 5.39. The van der Waals surface area contributed by atoms with Gasteiger partial charge in [0.2, 0.25) is 0 Å². The summed E-state index contributed by atoms with van der Waals surface area (Å²) in [6.45, 7) is 6.29. The quantitative estimate of drug-likeness (QED) is 0.560. The lowest BCUT2D eigenvalue weighted by Gasteiger charge is -2.08. The third kappa shape index (κ3) is 10.1. The fourth-order valence-corrected chi connectivity index (χ4v) is 1.52. The number of nitrogens with two attached hydrogens (primary N) is 1. The second kappa shape index (κ2) is 12.4. The van der Waals surface area contributed by atoms with Crippen molar-refractivity contribution < 1.29 is 18.9 Å². The molecule has 0 saturated heterocycles. The lowest BCUT2D eigenvalue weighted by Crippen LogP contribution is -2.13. The van der Waals surface area contributed by atoms with Crippen molar-refractivity contribution in [1.29, 1.82) is 0 Å². The van der Waals surface area contributed by atoms with Gasteiger partial charge in [-0.3, -0.25) is 4.98 Å².